The molecule has 0 saturated heterocycles. The van der Waals surface area contributed by atoms with Gasteiger partial charge in [0.1, 0.15) is 11.2 Å². The quantitative estimate of drug-likeness (QED) is 0.175. The van der Waals surface area contributed by atoms with Crippen LogP contribution in [-0.4, -0.2) is 0 Å². The molecule has 8 aromatic carbocycles. The summed E-state index contributed by atoms with van der Waals surface area (Å²) in [5.41, 5.74) is 12.2. The molecule has 3 heteroatoms. The zero-order chi connectivity index (χ0) is 33.7. The summed E-state index contributed by atoms with van der Waals surface area (Å²) in [6, 6.07) is 67.5. The largest absolute Gasteiger partial charge is 0.456 e. The Labute approximate surface area is 300 Å². The predicted octanol–water partition coefficient (Wildman–Crippen LogP) is 14.4. The Morgan fingerprint density at radius 2 is 1.00 bits per heavy atom. The number of hydrogen-bond acceptors (Lipinski definition) is 3. The Morgan fingerprint density at radius 3 is 1.82 bits per heavy atom. The third-order valence-corrected chi connectivity index (χ3v) is 11.0. The fraction of sp³-hybridized carbons (Fsp3) is 0. The van der Waals surface area contributed by atoms with Crippen LogP contribution in [-0.2, 0) is 0 Å². The van der Waals surface area contributed by atoms with Gasteiger partial charge in [-0.2, -0.15) is 0 Å². The molecule has 0 aliphatic carbocycles. The summed E-state index contributed by atoms with van der Waals surface area (Å²) in [5.74, 6) is 0. The first-order chi connectivity index (χ1) is 25.3. The maximum Gasteiger partial charge on any atom is 0.135 e. The van der Waals surface area contributed by atoms with Gasteiger partial charge in [-0.3, -0.25) is 0 Å². The van der Waals surface area contributed by atoms with Crippen LogP contribution >= 0.6 is 11.3 Å². The molecule has 240 valence electrons. The first kappa shape index (κ1) is 29.5. The van der Waals surface area contributed by atoms with Crippen LogP contribution in [0.25, 0.3) is 75.5 Å². The number of fused-ring (bicyclic) bond motifs is 6. The minimum Gasteiger partial charge on any atom is -0.456 e. The van der Waals surface area contributed by atoms with Gasteiger partial charge in [0.2, 0.25) is 0 Å². The van der Waals surface area contributed by atoms with Crippen LogP contribution in [0, 0.1) is 0 Å². The Morgan fingerprint density at radius 1 is 0.392 bits per heavy atom. The highest BCUT2D eigenvalue weighted by atomic mass is 32.1. The van der Waals surface area contributed by atoms with E-state index in [1.54, 1.807) is 0 Å². The van der Waals surface area contributed by atoms with Crippen molar-refractivity contribution in [2.45, 2.75) is 0 Å². The lowest BCUT2D eigenvalue weighted by atomic mass is 9.91. The van der Waals surface area contributed by atoms with Crippen molar-refractivity contribution in [1.82, 2.24) is 0 Å². The van der Waals surface area contributed by atoms with Crippen LogP contribution in [0.1, 0.15) is 0 Å². The summed E-state index contributed by atoms with van der Waals surface area (Å²) < 4.78 is 8.80. The molecular formula is C48H31NOS. The maximum atomic E-state index is 6.24. The SMILES string of the molecule is c1ccc(-c2ccc(N(c3cccc(-c4ccc5oc6ccccc6c5c4)c3-c3ccccc3)c3cccc4sc5ccccc5c34)cc2)cc1. The molecule has 0 radical (unpaired) electrons. The molecule has 0 saturated carbocycles. The van der Waals surface area contributed by atoms with Crippen LogP contribution in [0.3, 0.4) is 0 Å². The van der Waals surface area contributed by atoms with Gasteiger partial charge in [0, 0.05) is 42.2 Å². The van der Waals surface area contributed by atoms with E-state index in [2.05, 4.69) is 181 Å². The second-order valence-electron chi connectivity index (χ2n) is 12.9. The van der Waals surface area contributed by atoms with E-state index in [0.717, 1.165) is 50.1 Å². The van der Waals surface area contributed by atoms with E-state index in [-0.39, 0.29) is 0 Å². The van der Waals surface area contributed by atoms with Crippen molar-refractivity contribution in [1.29, 1.82) is 0 Å². The summed E-state index contributed by atoms with van der Waals surface area (Å²) in [6.45, 7) is 0. The highest BCUT2D eigenvalue weighted by Gasteiger charge is 2.24. The third kappa shape index (κ3) is 5.01. The maximum absolute atomic E-state index is 6.24. The van der Waals surface area contributed by atoms with Crippen LogP contribution in [0.5, 0.6) is 0 Å². The molecule has 0 aliphatic heterocycles. The number of benzene rings is 8. The molecule has 0 fully saturated rings. The van der Waals surface area contributed by atoms with Gasteiger partial charge in [-0.1, -0.05) is 133 Å². The molecule has 10 aromatic rings. The van der Waals surface area contributed by atoms with E-state index < -0.39 is 0 Å². The van der Waals surface area contributed by atoms with E-state index in [4.69, 9.17) is 4.42 Å². The second-order valence-corrected chi connectivity index (χ2v) is 14.0. The molecule has 0 amide bonds. The first-order valence-electron chi connectivity index (χ1n) is 17.3. The minimum absolute atomic E-state index is 0.897. The van der Waals surface area contributed by atoms with Crippen LogP contribution in [0.2, 0.25) is 0 Å². The van der Waals surface area contributed by atoms with Gasteiger partial charge in [-0.15, -0.1) is 11.3 Å². The van der Waals surface area contributed by atoms with E-state index in [1.807, 2.05) is 23.5 Å². The molecule has 0 atom stereocenters. The van der Waals surface area contributed by atoms with Gasteiger partial charge in [0.25, 0.3) is 0 Å². The van der Waals surface area contributed by atoms with Gasteiger partial charge >= 0.3 is 0 Å². The van der Waals surface area contributed by atoms with Crippen molar-refractivity contribution in [2.75, 3.05) is 4.90 Å². The smallest absolute Gasteiger partial charge is 0.135 e. The number of nitrogens with zero attached hydrogens (tertiary/aromatic N) is 1. The Bertz CT molecular complexity index is 2850. The Hall–Kier alpha value is -6.42. The summed E-state index contributed by atoms with van der Waals surface area (Å²) >= 11 is 1.85. The van der Waals surface area contributed by atoms with Crippen molar-refractivity contribution in [3.8, 4) is 33.4 Å². The molecule has 0 N–H and O–H groups in total. The molecule has 0 bridgehead atoms. The van der Waals surface area contributed by atoms with E-state index >= 15 is 0 Å². The third-order valence-electron chi connectivity index (χ3n) is 9.89. The van der Waals surface area contributed by atoms with Crippen molar-refractivity contribution in [2.24, 2.45) is 0 Å². The van der Waals surface area contributed by atoms with Crippen LogP contribution in [0.4, 0.5) is 17.1 Å². The lowest BCUT2D eigenvalue weighted by Crippen LogP contribution is -2.12. The topological polar surface area (TPSA) is 16.4 Å². The van der Waals surface area contributed by atoms with Gasteiger partial charge in [0.05, 0.1) is 11.4 Å². The van der Waals surface area contributed by atoms with Crippen LogP contribution < -0.4 is 4.90 Å². The van der Waals surface area contributed by atoms with Gasteiger partial charge in [-0.25, -0.2) is 0 Å². The van der Waals surface area contributed by atoms with Gasteiger partial charge in [0.15, 0.2) is 0 Å². The van der Waals surface area contributed by atoms with Crippen molar-refractivity contribution >= 4 is 70.5 Å². The Balaban J connectivity index is 1.26. The number of thiophene rings is 1. The summed E-state index contributed by atoms with van der Waals surface area (Å²) in [7, 11) is 0. The fourth-order valence-electron chi connectivity index (χ4n) is 7.55. The number of hydrogen-bond donors (Lipinski definition) is 0. The molecule has 51 heavy (non-hydrogen) atoms. The number of anilines is 3. The van der Waals surface area contributed by atoms with Crippen molar-refractivity contribution in [3.05, 3.63) is 188 Å². The molecule has 10 rings (SSSR count). The average molecular weight is 670 g/mol. The molecule has 2 aromatic heterocycles. The summed E-state index contributed by atoms with van der Waals surface area (Å²) in [6.07, 6.45) is 0. The summed E-state index contributed by atoms with van der Waals surface area (Å²) in [5, 5.41) is 4.79. The molecular weight excluding hydrogens is 639 g/mol. The lowest BCUT2D eigenvalue weighted by molar-refractivity contribution is 0.669. The lowest BCUT2D eigenvalue weighted by Gasteiger charge is -2.30. The molecule has 0 spiro atoms. The van der Waals surface area contributed by atoms with E-state index in [0.29, 0.717) is 0 Å². The van der Waals surface area contributed by atoms with E-state index in [1.165, 1.54) is 42.4 Å². The normalized spacial score (nSPS) is 11.5. The standard InChI is InChI=1S/C48H31NOS/c1-3-13-32(14-4-1)33-25-28-36(29-26-33)49(42-21-12-24-46-48(42)39-18-8-10-23-45(39)51-46)41-20-11-19-37(47(41)34-15-5-2-6-16-34)35-27-30-44-40(31-35)38-17-7-9-22-43(38)50-44/h1-31H. The highest BCUT2D eigenvalue weighted by Crippen LogP contribution is 2.49. The number of furan rings is 1. The zero-order valence-corrected chi connectivity index (χ0v) is 28.5. The zero-order valence-electron chi connectivity index (χ0n) is 27.7. The van der Waals surface area contributed by atoms with E-state index in [9.17, 15) is 0 Å². The van der Waals surface area contributed by atoms with Crippen molar-refractivity contribution < 1.29 is 4.42 Å². The molecule has 0 unspecified atom stereocenters. The first-order valence-corrected chi connectivity index (χ1v) is 18.1. The molecule has 2 heterocycles. The molecule has 2 nitrogen and oxygen atoms in total. The number of rotatable bonds is 6. The number of para-hydroxylation sites is 1. The minimum atomic E-state index is 0.897. The second kappa shape index (κ2) is 12.2. The Kier molecular flexibility index (Phi) is 7.04. The highest BCUT2D eigenvalue weighted by molar-refractivity contribution is 7.26. The average Bonchev–Trinajstić information content (AvgIpc) is 3.77. The monoisotopic (exact) mass is 669 g/mol. The van der Waals surface area contributed by atoms with Crippen LogP contribution in [0.15, 0.2) is 192 Å². The van der Waals surface area contributed by atoms with Gasteiger partial charge < -0.3 is 9.32 Å². The van der Waals surface area contributed by atoms with Crippen molar-refractivity contribution in [3.63, 3.8) is 0 Å². The summed E-state index contributed by atoms with van der Waals surface area (Å²) in [4.78, 5) is 2.47. The predicted molar refractivity (Wildman–Crippen MR) is 218 cm³/mol. The molecule has 0 aliphatic rings. The fourth-order valence-corrected chi connectivity index (χ4v) is 8.68. The van der Waals surface area contributed by atoms with Gasteiger partial charge in [-0.05, 0) is 82.4 Å².